The van der Waals surface area contributed by atoms with Crippen molar-refractivity contribution < 1.29 is 27.4 Å². The van der Waals surface area contributed by atoms with Gasteiger partial charge in [-0.05, 0) is 56.7 Å². The Morgan fingerprint density at radius 3 is 2.76 bits per heavy atom. The van der Waals surface area contributed by atoms with E-state index >= 15 is 0 Å². The average Bonchev–Trinajstić information content (AvgIpc) is 3.25. The van der Waals surface area contributed by atoms with Gasteiger partial charge in [0.1, 0.15) is 0 Å². The molecule has 1 saturated carbocycles. The minimum atomic E-state index is -4.45. The van der Waals surface area contributed by atoms with Gasteiger partial charge in [0, 0.05) is 57.2 Å². The van der Waals surface area contributed by atoms with E-state index in [-0.39, 0.29) is 67.9 Å². The van der Waals surface area contributed by atoms with E-state index < -0.39 is 17.2 Å². The largest absolute Gasteiger partial charge is 0.417 e. The molecule has 4 atom stereocenters. The van der Waals surface area contributed by atoms with Crippen LogP contribution in [0.15, 0.2) is 12.3 Å². The first-order valence-corrected chi connectivity index (χ1v) is 12.2. The molecule has 0 unspecified atom stereocenters. The number of methoxy groups -OCH3 is 1. The highest BCUT2D eigenvalue weighted by Gasteiger charge is 2.48. The molecule has 7 nitrogen and oxygen atoms in total. The molecule has 0 spiro atoms. The molecule has 2 aliphatic heterocycles. The average molecular weight is 594 g/mol. The molecule has 1 aliphatic carbocycles. The Labute approximate surface area is 235 Å². The Hall–Kier alpha value is -0.880. The van der Waals surface area contributed by atoms with Crippen LogP contribution < -0.4 is 11.1 Å². The maximum Gasteiger partial charge on any atom is 0.417 e. The molecular weight excluding hydrogens is 556 g/mol. The lowest BCUT2D eigenvalue weighted by Crippen LogP contribution is -2.51. The fourth-order valence-corrected chi connectivity index (χ4v) is 5.76. The number of nitrogens with one attached hydrogen (secondary N) is 1. The maximum absolute atomic E-state index is 13.8. The van der Waals surface area contributed by atoms with Crippen molar-refractivity contribution in [2.75, 3.05) is 33.4 Å². The van der Waals surface area contributed by atoms with Crippen LogP contribution in [0.1, 0.15) is 55.3 Å². The van der Waals surface area contributed by atoms with E-state index in [4.69, 9.17) is 15.2 Å². The lowest BCUT2D eigenvalue weighted by Gasteiger charge is -2.38. The van der Waals surface area contributed by atoms with Crippen LogP contribution in [0.5, 0.6) is 0 Å². The lowest BCUT2D eigenvalue weighted by molar-refractivity contribution is -0.143. The molecule has 37 heavy (non-hydrogen) atoms. The monoisotopic (exact) mass is 592 g/mol. The SMILES string of the molecule is CO[C@@H]1COCC[C@@H]1N[C@@H]1CC[C@](CCCN)(C(=O)N2CCc3ncc(C(F)(F)F)cc3C2)C1.Cl.Cl.Cl. The summed E-state index contributed by atoms with van der Waals surface area (Å²) in [6, 6.07) is 1.50. The quantitative estimate of drug-likeness (QED) is 0.498. The summed E-state index contributed by atoms with van der Waals surface area (Å²) in [4.78, 5) is 19.6. The Morgan fingerprint density at radius 1 is 1.32 bits per heavy atom. The molecule has 1 saturated heterocycles. The van der Waals surface area contributed by atoms with E-state index in [0.717, 1.165) is 37.9 Å². The number of carbonyl (C=O) groups excluding carboxylic acids is 1. The summed E-state index contributed by atoms with van der Waals surface area (Å²) in [5, 5.41) is 3.71. The highest BCUT2D eigenvalue weighted by atomic mass is 35.5. The topological polar surface area (TPSA) is 89.7 Å². The summed E-state index contributed by atoms with van der Waals surface area (Å²) in [5.41, 5.74) is 5.61. The normalized spacial score (nSPS) is 27.4. The standard InChI is InChI=1S/C24H35F3N4O3.3ClH/c1-33-21-15-34-10-5-20(21)30-18-3-7-23(12-18,6-2-8-28)22(32)31-9-4-19-16(14-31)11-17(13-29-19)24(25,26)27;;;/h11,13,18,20-21,30H,2-10,12,14-15,28H2,1H3;3*1H/t18-,20+,21-,23+;;;/m1.../s1. The number of aromatic nitrogens is 1. The molecule has 0 radical (unpaired) electrons. The number of nitrogens with zero attached hydrogens (tertiary/aromatic N) is 2. The fourth-order valence-electron chi connectivity index (χ4n) is 5.76. The number of amides is 1. The van der Waals surface area contributed by atoms with E-state index in [1.165, 1.54) is 0 Å². The van der Waals surface area contributed by atoms with Crippen molar-refractivity contribution in [3.63, 3.8) is 0 Å². The zero-order valence-electron chi connectivity index (χ0n) is 20.9. The van der Waals surface area contributed by atoms with E-state index in [1.54, 1.807) is 12.0 Å². The van der Waals surface area contributed by atoms with Crippen LogP contribution in [0.2, 0.25) is 0 Å². The number of nitrogens with two attached hydrogens (primary N) is 1. The van der Waals surface area contributed by atoms with Crippen molar-refractivity contribution in [3.05, 3.63) is 29.1 Å². The molecule has 13 heteroatoms. The summed E-state index contributed by atoms with van der Waals surface area (Å²) in [7, 11) is 1.69. The van der Waals surface area contributed by atoms with Crippen LogP contribution in [-0.4, -0.2) is 67.4 Å². The molecule has 4 rings (SSSR count). The van der Waals surface area contributed by atoms with Gasteiger partial charge < -0.3 is 25.4 Å². The van der Waals surface area contributed by atoms with Gasteiger partial charge in [-0.25, -0.2) is 0 Å². The van der Waals surface area contributed by atoms with E-state index in [0.29, 0.717) is 56.8 Å². The van der Waals surface area contributed by atoms with Crippen molar-refractivity contribution >= 4 is 43.1 Å². The van der Waals surface area contributed by atoms with Gasteiger partial charge in [-0.15, -0.1) is 37.2 Å². The number of carbonyl (C=O) groups is 1. The first kappa shape index (κ1) is 34.1. The maximum atomic E-state index is 13.8. The van der Waals surface area contributed by atoms with Crippen LogP contribution in [0.3, 0.4) is 0 Å². The van der Waals surface area contributed by atoms with E-state index in [1.807, 2.05) is 0 Å². The Bertz CT molecular complexity index is 883. The van der Waals surface area contributed by atoms with Gasteiger partial charge in [-0.1, -0.05) is 0 Å². The minimum Gasteiger partial charge on any atom is -0.379 e. The second-order valence-corrected chi connectivity index (χ2v) is 9.83. The van der Waals surface area contributed by atoms with Gasteiger partial charge in [-0.3, -0.25) is 9.78 Å². The third-order valence-corrected chi connectivity index (χ3v) is 7.63. The summed E-state index contributed by atoms with van der Waals surface area (Å²) in [5.74, 6) is 0.0311. The summed E-state index contributed by atoms with van der Waals surface area (Å²) in [6.45, 7) is 2.38. The zero-order valence-corrected chi connectivity index (χ0v) is 23.4. The zero-order chi connectivity index (χ0) is 24.3. The third-order valence-electron chi connectivity index (χ3n) is 7.63. The van der Waals surface area contributed by atoms with Gasteiger partial charge in [0.05, 0.1) is 23.7 Å². The molecule has 1 aromatic rings. The first-order chi connectivity index (χ1) is 16.3. The summed E-state index contributed by atoms with van der Waals surface area (Å²) >= 11 is 0. The molecule has 214 valence electrons. The second-order valence-electron chi connectivity index (χ2n) is 9.83. The Balaban J connectivity index is 0.00000228. The predicted octanol–water partition coefficient (Wildman–Crippen LogP) is 3.92. The van der Waals surface area contributed by atoms with Gasteiger partial charge in [0.2, 0.25) is 5.91 Å². The van der Waals surface area contributed by atoms with Crippen LogP contribution in [0.25, 0.3) is 0 Å². The third kappa shape index (κ3) is 7.84. The highest BCUT2D eigenvalue weighted by molar-refractivity contribution is 5.86. The number of hydrogen-bond donors (Lipinski definition) is 2. The molecule has 3 aliphatic rings. The van der Waals surface area contributed by atoms with Crippen LogP contribution >= 0.6 is 37.2 Å². The predicted molar refractivity (Wildman–Crippen MR) is 142 cm³/mol. The molecular formula is C24H38Cl3F3N4O3. The van der Waals surface area contributed by atoms with Gasteiger partial charge in [0.15, 0.2) is 0 Å². The van der Waals surface area contributed by atoms with Crippen molar-refractivity contribution in [3.8, 4) is 0 Å². The molecule has 3 heterocycles. The smallest absolute Gasteiger partial charge is 0.379 e. The molecule has 1 amide bonds. The van der Waals surface area contributed by atoms with Gasteiger partial charge in [0.25, 0.3) is 0 Å². The molecule has 1 aromatic heterocycles. The number of pyridine rings is 1. The summed E-state index contributed by atoms with van der Waals surface area (Å²) in [6.07, 6.45) is 1.47. The number of alkyl halides is 3. The summed E-state index contributed by atoms with van der Waals surface area (Å²) < 4.78 is 50.7. The number of ether oxygens (including phenoxy) is 2. The first-order valence-electron chi connectivity index (χ1n) is 12.2. The fraction of sp³-hybridized carbons (Fsp3) is 0.750. The second kappa shape index (κ2) is 14.5. The molecule has 2 fully saturated rings. The minimum absolute atomic E-state index is 0. The van der Waals surface area contributed by atoms with E-state index in [2.05, 4.69) is 10.3 Å². The number of hydrogen-bond acceptors (Lipinski definition) is 6. The number of halogens is 6. The molecule has 3 N–H and O–H groups in total. The van der Waals surface area contributed by atoms with Crippen molar-refractivity contribution in [1.29, 1.82) is 0 Å². The number of rotatable bonds is 7. The number of fused-ring (bicyclic) bond motifs is 1. The van der Waals surface area contributed by atoms with Crippen molar-refractivity contribution in [1.82, 2.24) is 15.2 Å². The van der Waals surface area contributed by atoms with Crippen LogP contribution in [0.4, 0.5) is 13.2 Å². The molecule has 0 bridgehead atoms. The van der Waals surface area contributed by atoms with E-state index in [9.17, 15) is 18.0 Å². The Kier molecular flexibility index (Phi) is 13.4. The van der Waals surface area contributed by atoms with Crippen LogP contribution in [0, 0.1) is 5.41 Å². The Morgan fingerprint density at radius 2 is 2.08 bits per heavy atom. The molecule has 0 aromatic carbocycles. The van der Waals surface area contributed by atoms with Crippen molar-refractivity contribution in [2.24, 2.45) is 11.1 Å². The van der Waals surface area contributed by atoms with Gasteiger partial charge in [-0.2, -0.15) is 13.2 Å². The van der Waals surface area contributed by atoms with Crippen molar-refractivity contribution in [2.45, 2.75) is 75.9 Å². The highest BCUT2D eigenvalue weighted by Crippen LogP contribution is 2.45. The lowest BCUT2D eigenvalue weighted by atomic mass is 9.79. The van der Waals surface area contributed by atoms with Crippen LogP contribution in [-0.2, 0) is 33.4 Å². The van der Waals surface area contributed by atoms with Gasteiger partial charge >= 0.3 is 6.18 Å².